The zero-order valence-electron chi connectivity index (χ0n) is 11.8. The number of amides is 1. The van der Waals surface area contributed by atoms with Crippen LogP contribution in [0, 0.1) is 10.1 Å². The monoisotopic (exact) mass is 340 g/mol. The molecule has 0 saturated heterocycles. The van der Waals surface area contributed by atoms with E-state index in [0.29, 0.717) is 6.54 Å². The molecule has 22 heavy (non-hydrogen) atoms. The molecule has 7 heteroatoms. The maximum absolute atomic E-state index is 11.4. The second kappa shape index (κ2) is 9.02. The predicted molar refractivity (Wildman–Crippen MR) is 87.6 cm³/mol. The second-order valence-electron chi connectivity index (χ2n) is 4.05. The van der Waals surface area contributed by atoms with Crippen LogP contribution in [0.4, 0.5) is 5.69 Å². The van der Waals surface area contributed by atoms with E-state index in [1.54, 1.807) is 6.92 Å². The van der Waals surface area contributed by atoms with E-state index in [1.807, 2.05) is 30.3 Å². The highest BCUT2D eigenvalue weighted by atomic mass is 35.5. The fourth-order valence-corrected chi connectivity index (χ4v) is 1.93. The number of carbonyl (C=O) groups is 1. The van der Waals surface area contributed by atoms with Gasteiger partial charge in [0.05, 0.1) is 10.5 Å². The lowest BCUT2D eigenvalue weighted by Crippen LogP contribution is -2.23. The molecule has 0 bridgehead atoms. The molecule has 0 radical (unpaired) electrons. The molecule has 5 nitrogen and oxygen atoms in total. The van der Waals surface area contributed by atoms with Gasteiger partial charge in [0.2, 0.25) is 0 Å². The lowest BCUT2D eigenvalue weighted by molar-refractivity contribution is -0.384. The van der Waals surface area contributed by atoms with Crippen LogP contribution in [0.2, 0.25) is 10.0 Å². The molecule has 0 aliphatic rings. The van der Waals surface area contributed by atoms with E-state index in [4.69, 9.17) is 23.2 Å². The SMILES string of the molecule is CCNC(=O)c1cccc([N+](=O)[O-])c1Cl.Clc1ccccc1. The number of carbonyl (C=O) groups excluding carboxylic acids is 1. The van der Waals surface area contributed by atoms with Crippen molar-refractivity contribution in [3.63, 3.8) is 0 Å². The summed E-state index contributed by atoms with van der Waals surface area (Å²) in [6.07, 6.45) is 0. The van der Waals surface area contributed by atoms with Gasteiger partial charge in [-0.15, -0.1) is 0 Å². The second-order valence-corrected chi connectivity index (χ2v) is 4.87. The van der Waals surface area contributed by atoms with E-state index >= 15 is 0 Å². The molecule has 0 fully saturated rings. The molecule has 0 aliphatic carbocycles. The van der Waals surface area contributed by atoms with Gasteiger partial charge < -0.3 is 5.32 Å². The summed E-state index contributed by atoms with van der Waals surface area (Å²) < 4.78 is 0. The lowest BCUT2D eigenvalue weighted by atomic mass is 10.2. The average Bonchev–Trinajstić information content (AvgIpc) is 2.48. The number of halogens is 2. The molecule has 1 amide bonds. The molecule has 0 aromatic heterocycles. The quantitative estimate of drug-likeness (QED) is 0.667. The van der Waals surface area contributed by atoms with Crippen molar-refractivity contribution in [2.24, 2.45) is 0 Å². The Labute approximate surface area is 138 Å². The predicted octanol–water partition coefficient (Wildman–Crippen LogP) is 4.34. The molecule has 116 valence electrons. The zero-order chi connectivity index (χ0) is 16.5. The number of nitro benzene ring substituents is 1. The van der Waals surface area contributed by atoms with Gasteiger partial charge in [-0.25, -0.2) is 0 Å². The molecule has 0 aliphatic heterocycles. The first-order valence-corrected chi connectivity index (χ1v) is 7.14. The highest BCUT2D eigenvalue weighted by molar-refractivity contribution is 6.35. The number of nitro groups is 1. The number of hydrogen-bond donors (Lipinski definition) is 1. The van der Waals surface area contributed by atoms with E-state index in [-0.39, 0.29) is 16.3 Å². The highest BCUT2D eigenvalue weighted by Gasteiger charge is 2.19. The topological polar surface area (TPSA) is 72.2 Å². The maximum atomic E-state index is 11.4. The van der Waals surface area contributed by atoms with Crippen LogP contribution in [0.25, 0.3) is 0 Å². The van der Waals surface area contributed by atoms with Crippen molar-refractivity contribution in [1.82, 2.24) is 5.32 Å². The van der Waals surface area contributed by atoms with Crippen LogP contribution in [0.5, 0.6) is 0 Å². The van der Waals surface area contributed by atoms with Crippen LogP contribution in [-0.2, 0) is 0 Å². The van der Waals surface area contributed by atoms with Crippen molar-refractivity contribution in [2.45, 2.75) is 6.92 Å². The molecule has 2 aromatic rings. The normalized spacial score (nSPS) is 9.41. The summed E-state index contributed by atoms with van der Waals surface area (Å²) >= 11 is 11.3. The van der Waals surface area contributed by atoms with E-state index in [1.165, 1.54) is 18.2 Å². The Hall–Kier alpha value is -2.11. The van der Waals surface area contributed by atoms with E-state index in [9.17, 15) is 14.9 Å². The maximum Gasteiger partial charge on any atom is 0.288 e. The first-order valence-electron chi connectivity index (χ1n) is 6.39. The van der Waals surface area contributed by atoms with E-state index in [2.05, 4.69) is 5.32 Å². The Balaban J connectivity index is 0.000000287. The van der Waals surface area contributed by atoms with E-state index < -0.39 is 10.8 Å². The Morgan fingerprint density at radius 3 is 2.23 bits per heavy atom. The lowest BCUT2D eigenvalue weighted by Gasteiger charge is -2.04. The van der Waals surface area contributed by atoms with Crippen molar-refractivity contribution >= 4 is 34.8 Å². The van der Waals surface area contributed by atoms with E-state index in [0.717, 1.165) is 5.02 Å². The fourth-order valence-electron chi connectivity index (χ4n) is 1.51. The molecule has 0 unspecified atom stereocenters. The van der Waals surface area contributed by atoms with Crippen LogP contribution < -0.4 is 5.32 Å². The van der Waals surface area contributed by atoms with Crippen LogP contribution in [0.3, 0.4) is 0 Å². The molecule has 0 heterocycles. The van der Waals surface area contributed by atoms with Gasteiger partial charge in [0, 0.05) is 17.6 Å². The molecule has 0 saturated carbocycles. The minimum Gasteiger partial charge on any atom is -0.352 e. The number of nitrogens with one attached hydrogen (secondary N) is 1. The van der Waals surface area contributed by atoms with Gasteiger partial charge in [-0.2, -0.15) is 0 Å². The Bertz CT molecular complexity index is 648. The highest BCUT2D eigenvalue weighted by Crippen LogP contribution is 2.27. The third kappa shape index (κ3) is 5.35. The number of hydrogen-bond acceptors (Lipinski definition) is 3. The molecule has 0 spiro atoms. The van der Waals surface area contributed by atoms with Gasteiger partial charge >= 0.3 is 0 Å². The Kier molecular flexibility index (Phi) is 7.36. The smallest absolute Gasteiger partial charge is 0.288 e. The Morgan fingerprint density at radius 2 is 1.77 bits per heavy atom. The minimum atomic E-state index is -0.620. The molecular formula is C15H14Cl2N2O3. The standard InChI is InChI=1S/C9H9ClN2O3.C6H5Cl/c1-2-11-9(13)6-4-3-5-7(8(6)10)12(14)15;7-6-4-2-1-3-5-6/h3-5H,2H2,1H3,(H,11,13);1-5H. The summed E-state index contributed by atoms with van der Waals surface area (Å²) in [7, 11) is 0. The van der Waals surface area contributed by atoms with Gasteiger partial charge in [0.25, 0.3) is 11.6 Å². The van der Waals surface area contributed by atoms with Crippen molar-refractivity contribution in [3.05, 3.63) is 74.3 Å². The zero-order valence-corrected chi connectivity index (χ0v) is 13.3. The van der Waals surface area contributed by atoms with Gasteiger partial charge in [-0.05, 0) is 25.1 Å². The van der Waals surface area contributed by atoms with Crippen molar-refractivity contribution in [2.75, 3.05) is 6.54 Å². The fraction of sp³-hybridized carbons (Fsp3) is 0.133. The number of nitrogens with zero attached hydrogens (tertiary/aromatic N) is 1. The van der Waals surface area contributed by atoms with Gasteiger partial charge in [0.15, 0.2) is 0 Å². The first-order chi connectivity index (χ1) is 10.5. The Morgan fingerprint density at radius 1 is 1.14 bits per heavy atom. The number of benzene rings is 2. The van der Waals surface area contributed by atoms with Crippen LogP contribution in [-0.4, -0.2) is 17.4 Å². The summed E-state index contributed by atoms with van der Waals surface area (Å²) in [5.74, 6) is -0.411. The molecular weight excluding hydrogens is 327 g/mol. The first kappa shape index (κ1) is 17.9. The van der Waals surface area contributed by atoms with Gasteiger partial charge in [-0.1, -0.05) is 47.5 Å². The minimum absolute atomic E-state index is 0.118. The van der Waals surface area contributed by atoms with Crippen LogP contribution in [0.1, 0.15) is 17.3 Å². The van der Waals surface area contributed by atoms with Gasteiger partial charge in [0.1, 0.15) is 5.02 Å². The average molecular weight is 341 g/mol. The third-order valence-corrected chi connectivity index (χ3v) is 3.14. The summed E-state index contributed by atoms with van der Waals surface area (Å²) in [5.41, 5.74) is -0.145. The largest absolute Gasteiger partial charge is 0.352 e. The molecule has 1 N–H and O–H groups in total. The van der Waals surface area contributed by atoms with Crippen LogP contribution in [0.15, 0.2) is 48.5 Å². The van der Waals surface area contributed by atoms with Crippen molar-refractivity contribution in [1.29, 1.82) is 0 Å². The van der Waals surface area contributed by atoms with Crippen LogP contribution >= 0.6 is 23.2 Å². The summed E-state index contributed by atoms with van der Waals surface area (Å²) in [6.45, 7) is 2.20. The summed E-state index contributed by atoms with van der Waals surface area (Å²) in [5, 5.41) is 13.7. The summed E-state index contributed by atoms with van der Waals surface area (Å²) in [4.78, 5) is 21.3. The molecule has 0 atom stereocenters. The van der Waals surface area contributed by atoms with Crippen molar-refractivity contribution < 1.29 is 9.72 Å². The third-order valence-electron chi connectivity index (χ3n) is 2.49. The summed E-state index contributed by atoms with van der Waals surface area (Å²) in [6, 6.07) is 13.6. The van der Waals surface area contributed by atoms with Crippen molar-refractivity contribution in [3.8, 4) is 0 Å². The number of rotatable bonds is 3. The molecule has 2 rings (SSSR count). The van der Waals surface area contributed by atoms with Gasteiger partial charge in [-0.3, -0.25) is 14.9 Å². The molecule has 2 aromatic carbocycles.